The van der Waals surface area contributed by atoms with E-state index in [0.29, 0.717) is 15.6 Å². The molecule has 5 nitrogen and oxygen atoms in total. The molecule has 1 heterocycles. The molecule has 0 aliphatic carbocycles. The minimum Gasteiger partial charge on any atom is -0.435 e. The maximum absolute atomic E-state index is 13.8. The van der Waals surface area contributed by atoms with Crippen molar-refractivity contribution >= 4 is 33.7 Å². The van der Waals surface area contributed by atoms with Crippen molar-refractivity contribution in [3.8, 4) is 5.75 Å². The lowest BCUT2D eigenvalue weighted by Crippen LogP contribution is -2.10. The van der Waals surface area contributed by atoms with Gasteiger partial charge in [-0.05, 0) is 45.8 Å². The minimum absolute atomic E-state index is 0.0333. The first-order valence-electron chi connectivity index (χ1n) is 8.41. The zero-order chi connectivity index (χ0) is 20.8. The van der Waals surface area contributed by atoms with E-state index in [1.54, 1.807) is 36.5 Å². The highest BCUT2D eigenvalue weighted by molar-refractivity contribution is 9.10. The second-order valence-corrected chi connectivity index (χ2v) is 6.74. The molecule has 0 saturated heterocycles. The highest BCUT2D eigenvalue weighted by Crippen LogP contribution is 2.21. The SMILES string of the molecule is O=C(/C=C\c1ccc(OC(F)F)cc1)Nc1nn(Cc2ccccc2F)cc1Br. The van der Waals surface area contributed by atoms with Crippen molar-refractivity contribution in [3.63, 3.8) is 0 Å². The van der Waals surface area contributed by atoms with E-state index in [-0.39, 0.29) is 23.9 Å². The van der Waals surface area contributed by atoms with Gasteiger partial charge in [0.15, 0.2) is 5.82 Å². The molecule has 150 valence electrons. The number of benzene rings is 2. The van der Waals surface area contributed by atoms with Gasteiger partial charge >= 0.3 is 6.61 Å². The molecule has 0 bridgehead atoms. The molecule has 1 amide bonds. The second-order valence-electron chi connectivity index (χ2n) is 5.88. The van der Waals surface area contributed by atoms with Crippen LogP contribution in [0.3, 0.4) is 0 Å². The van der Waals surface area contributed by atoms with Gasteiger partial charge in [-0.25, -0.2) is 4.39 Å². The van der Waals surface area contributed by atoms with Gasteiger partial charge in [-0.2, -0.15) is 13.9 Å². The molecule has 0 radical (unpaired) electrons. The fraction of sp³-hybridized carbons (Fsp3) is 0.100. The van der Waals surface area contributed by atoms with Gasteiger partial charge in [-0.1, -0.05) is 30.3 Å². The summed E-state index contributed by atoms with van der Waals surface area (Å²) >= 11 is 3.31. The van der Waals surface area contributed by atoms with Crippen LogP contribution in [0.15, 0.2) is 65.3 Å². The third-order valence-electron chi connectivity index (χ3n) is 3.78. The number of hydrogen-bond donors (Lipinski definition) is 1. The summed E-state index contributed by atoms with van der Waals surface area (Å²) in [6.45, 7) is -2.68. The molecule has 0 saturated carbocycles. The number of nitrogens with zero attached hydrogens (tertiary/aromatic N) is 2. The molecule has 9 heteroatoms. The van der Waals surface area contributed by atoms with E-state index in [2.05, 4.69) is 31.1 Å². The van der Waals surface area contributed by atoms with Crippen LogP contribution in [0.4, 0.5) is 19.0 Å². The molecule has 3 rings (SSSR count). The van der Waals surface area contributed by atoms with Crippen LogP contribution in [0.5, 0.6) is 5.75 Å². The van der Waals surface area contributed by atoms with E-state index in [0.717, 1.165) is 0 Å². The molecule has 0 fully saturated rings. The molecular weight excluding hydrogens is 451 g/mol. The van der Waals surface area contributed by atoms with Crippen molar-refractivity contribution in [2.45, 2.75) is 13.2 Å². The number of rotatable bonds is 7. The molecule has 0 unspecified atom stereocenters. The maximum atomic E-state index is 13.8. The van der Waals surface area contributed by atoms with Crippen LogP contribution >= 0.6 is 15.9 Å². The van der Waals surface area contributed by atoms with Crippen molar-refractivity contribution in [3.05, 3.63) is 82.2 Å². The molecule has 0 spiro atoms. The first-order chi connectivity index (χ1) is 13.9. The third kappa shape index (κ3) is 5.95. The number of carbonyl (C=O) groups excluding carboxylic acids is 1. The Morgan fingerprint density at radius 1 is 1.21 bits per heavy atom. The van der Waals surface area contributed by atoms with Gasteiger partial charge in [0.1, 0.15) is 11.6 Å². The number of amides is 1. The van der Waals surface area contributed by atoms with Gasteiger partial charge in [0.2, 0.25) is 5.91 Å². The number of alkyl halides is 2. The van der Waals surface area contributed by atoms with Crippen LogP contribution in [-0.2, 0) is 11.3 Å². The van der Waals surface area contributed by atoms with Gasteiger partial charge in [-0.15, -0.1) is 0 Å². The molecular formula is C20H15BrF3N3O2. The Balaban J connectivity index is 1.61. The number of hydrogen-bond acceptors (Lipinski definition) is 3. The van der Waals surface area contributed by atoms with Gasteiger partial charge in [-0.3, -0.25) is 9.48 Å². The Hall–Kier alpha value is -3.07. The Morgan fingerprint density at radius 3 is 2.62 bits per heavy atom. The maximum Gasteiger partial charge on any atom is 0.387 e. The zero-order valence-electron chi connectivity index (χ0n) is 14.9. The standard InChI is InChI=1S/C20H15BrF3N3O2/c21-16-12-27(11-14-3-1-2-4-17(14)22)26-19(16)25-18(28)10-7-13-5-8-15(9-6-13)29-20(23)24/h1-10,12,20H,11H2,(H,25,26,28)/b10-7-. The summed E-state index contributed by atoms with van der Waals surface area (Å²) in [7, 11) is 0. The van der Waals surface area contributed by atoms with Crippen molar-refractivity contribution in [1.29, 1.82) is 0 Å². The van der Waals surface area contributed by atoms with Gasteiger partial charge in [0.25, 0.3) is 0 Å². The topological polar surface area (TPSA) is 56.1 Å². The van der Waals surface area contributed by atoms with Crippen LogP contribution in [0.25, 0.3) is 6.08 Å². The van der Waals surface area contributed by atoms with Gasteiger partial charge in [0, 0.05) is 17.8 Å². The van der Waals surface area contributed by atoms with Gasteiger partial charge < -0.3 is 10.1 Å². The number of anilines is 1. The van der Waals surface area contributed by atoms with Crippen molar-refractivity contribution < 1.29 is 22.7 Å². The lowest BCUT2D eigenvalue weighted by Gasteiger charge is -2.04. The van der Waals surface area contributed by atoms with Crippen LogP contribution in [-0.4, -0.2) is 22.3 Å². The van der Waals surface area contributed by atoms with Crippen LogP contribution in [0.2, 0.25) is 0 Å². The summed E-state index contributed by atoms with van der Waals surface area (Å²) in [5, 5.41) is 6.85. The van der Waals surface area contributed by atoms with Gasteiger partial charge in [0.05, 0.1) is 11.0 Å². The van der Waals surface area contributed by atoms with E-state index in [9.17, 15) is 18.0 Å². The van der Waals surface area contributed by atoms with E-state index in [1.807, 2.05) is 0 Å². The minimum atomic E-state index is -2.89. The number of carbonyl (C=O) groups is 1. The molecule has 3 aromatic rings. The van der Waals surface area contributed by atoms with Crippen molar-refractivity contribution in [2.75, 3.05) is 5.32 Å². The Bertz CT molecular complexity index is 1020. The summed E-state index contributed by atoms with van der Waals surface area (Å²) < 4.78 is 44.4. The van der Waals surface area contributed by atoms with E-state index in [4.69, 9.17) is 0 Å². The summed E-state index contributed by atoms with van der Waals surface area (Å²) in [6, 6.07) is 12.2. The zero-order valence-corrected chi connectivity index (χ0v) is 16.4. The Morgan fingerprint density at radius 2 is 1.93 bits per heavy atom. The number of halogens is 4. The molecule has 29 heavy (non-hydrogen) atoms. The Kier molecular flexibility index (Phi) is 6.71. The number of nitrogens with one attached hydrogen (secondary N) is 1. The van der Waals surface area contributed by atoms with Crippen molar-refractivity contribution in [1.82, 2.24) is 9.78 Å². The van der Waals surface area contributed by atoms with Crippen LogP contribution < -0.4 is 10.1 Å². The predicted molar refractivity (Wildman–Crippen MR) is 106 cm³/mol. The smallest absolute Gasteiger partial charge is 0.387 e. The molecule has 0 aliphatic rings. The van der Waals surface area contributed by atoms with E-state index >= 15 is 0 Å². The second kappa shape index (κ2) is 9.42. The molecule has 1 N–H and O–H groups in total. The van der Waals surface area contributed by atoms with E-state index in [1.165, 1.54) is 35.0 Å². The first kappa shape index (κ1) is 20.7. The average molecular weight is 466 g/mol. The van der Waals surface area contributed by atoms with Crippen LogP contribution in [0.1, 0.15) is 11.1 Å². The third-order valence-corrected chi connectivity index (χ3v) is 4.36. The fourth-order valence-electron chi connectivity index (χ4n) is 2.45. The fourth-order valence-corrected chi connectivity index (χ4v) is 2.87. The summed E-state index contributed by atoms with van der Waals surface area (Å²) in [4.78, 5) is 12.1. The summed E-state index contributed by atoms with van der Waals surface area (Å²) in [5.41, 5.74) is 1.10. The van der Waals surface area contributed by atoms with E-state index < -0.39 is 12.5 Å². The molecule has 1 aromatic heterocycles. The summed E-state index contributed by atoms with van der Waals surface area (Å²) in [5.74, 6) is -0.449. The number of ether oxygens (including phenoxy) is 1. The molecule has 0 atom stereocenters. The molecule has 2 aromatic carbocycles. The van der Waals surface area contributed by atoms with Crippen molar-refractivity contribution in [2.24, 2.45) is 0 Å². The largest absolute Gasteiger partial charge is 0.435 e. The lowest BCUT2D eigenvalue weighted by atomic mass is 10.2. The molecule has 0 aliphatic heterocycles. The normalized spacial score (nSPS) is 11.2. The first-order valence-corrected chi connectivity index (χ1v) is 9.20. The quantitative estimate of drug-likeness (QED) is 0.494. The Labute approximate surface area is 172 Å². The highest BCUT2D eigenvalue weighted by Gasteiger charge is 2.10. The van der Waals surface area contributed by atoms with Crippen LogP contribution in [0, 0.1) is 5.82 Å². The highest BCUT2D eigenvalue weighted by atomic mass is 79.9. The predicted octanol–water partition coefficient (Wildman–Crippen LogP) is 5.09. The lowest BCUT2D eigenvalue weighted by molar-refractivity contribution is -0.111. The average Bonchev–Trinajstić information content (AvgIpc) is 3.01. The summed E-state index contributed by atoms with van der Waals surface area (Å²) in [6.07, 6.45) is 4.44. The monoisotopic (exact) mass is 465 g/mol. The number of aromatic nitrogens is 2.